The van der Waals surface area contributed by atoms with E-state index in [-0.39, 0.29) is 0 Å². The molecule has 0 saturated carbocycles. The summed E-state index contributed by atoms with van der Waals surface area (Å²) in [6.45, 7) is 2.83. The summed E-state index contributed by atoms with van der Waals surface area (Å²) in [6, 6.07) is 12.7. The van der Waals surface area contributed by atoms with Gasteiger partial charge in [-0.1, -0.05) is 17.7 Å². The van der Waals surface area contributed by atoms with Crippen LogP contribution in [-0.2, 0) is 10.0 Å². The molecule has 0 atom stereocenters. The summed E-state index contributed by atoms with van der Waals surface area (Å²) in [5.74, 6) is 1.00. The van der Waals surface area contributed by atoms with Gasteiger partial charge < -0.3 is 5.32 Å². The van der Waals surface area contributed by atoms with Crippen LogP contribution in [0.3, 0.4) is 0 Å². The topological polar surface area (TPSA) is 49.4 Å². The third-order valence-electron chi connectivity index (χ3n) is 3.68. The second kappa shape index (κ2) is 5.85. The molecule has 1 aliphatic heterocycles. The van der Waals surface area contributed by atoms with Crippen molar-refractivity contribution in [2.45, 2.75) is 16.7 Å². The van der Waals surface area contributed by atoms with E-state index in [0.717, 1.165) is 28.4 Å². The molecule has 0 aliphatic carbocycles. The lowest BCUT2D eigenvalue weighted by Crippen LogP contribution is -2.26. The third-order valence-corrected chi connectivity index (χ3v) is 6.54. The number of nitrogens with one attached hydrogen (secondary N) is 1. The van der Waals surface area contributed by atoms with E-state index in [1.54, 1.807) is 30.9 Å². The average Bonchev–Trinajstić information content (AvgIpc) is 2.54. The average molecular weight is 334 g/mol. The molecule has 0 spiro atoms. The number of nitrogens with zero attached hydrogens (tertiary/aromatic N) is 1. The molecule has 6 heteroatoms. The molecule has 0 radical (unpaired) electrons. The van der Waals surface area contributed by atoms with Gasteiger partial charge in [0.2, 0.25) is 0 Å². The zero-order chi connectivity index (χ0) is 15.7. The van der Waals surface area contributed by atoms with Crippen LogP contribution in [0.25, 0.3) is 0 Å². The maximum atomic E-state index is 12.8. The van der Waals surface area contributed by atoms with E-state index in [0.29, 0.717) is 10.6 Å². The molecule has 4 nitrogen and oxygen atoms in total. The van der Waals surface area contributed by atoms with E-state index in [4.69, 9.17) is 0 Å². The highest BCUT2D eigenvalue weighted by atomic mass is 32.2. The SMILES string of the molecule is Cc1ccc(N(C)S(=O)(=O)c2ccc3c(c2)NCCS3)cc1. The Bertz CT molecular complexity index is 786. The Morgan fingerprint density at radius 3 is 2.59 bits per heavy atom. The van der Waals surface area contributed by atoms with Crippen LogP contribution in [-0.4, -0.2) is 27.8 Å². The van der Waals surface area contributed by atoms with Crippen molar-refractivity contribution in [3.63, 3.8) is 0 Å². The summed E-state index contributed by atoms with van der Waals surface area (Å²) in [7, 11) is -1.97. The number of hydrogen-bond acceptors (Lipinski definition) is 4. The summed E-state index contributed by atoms with van der Waals surface area (Å²) >= 11 is 1.74. The molecule has 0 amide bonds. The summed E-state index contributed by atoms with van der Waals surface area (Å²) in [6.07, 6.45) is 0. The molecule has 1 aliphatic rings. The molecule has 22 heavy (non-hydrogen) atoms. The van der Waals surface area contributed by atoms with Crippen molar-refractivity contribution in [2.24, 2.45) is 0 Å². The number of hydrogen-bond donors (Lipinski definition) is 1. The van der Waals surface area contributed by atoms with Crippen LogP contribution in [0.1, 0.15) is 5.56 Å². The first-order valence-electron chi connectivity index (χ1n) is 7.05. The fraction of sp³-hybridized carbons (Fsp3) is 0.250. The Balaban J connectivity index is 1.97. The van der Waals surface area contributed by atoms with Gasteiger partial charge in [-0.15, -0.1) is 11.8 Å². The van der Waals surface area contributed by atoms with Crippen molar-refractivity contribution in [1.29, 1.82) is 0 Å². The fourth-order valence-electron chi connectivity index (χ4n) is 2.33. The molecule has 1 N–H and O–H groups in total. The highest BCUT2D eigenvalue weighted by molar-refractivity contribution is 7.99. The number of aryl methyl sites for hydroxylation is 1. The second-order valence-electron chi connectivity index (χ2n) is 5.24. The summed E-state index contributed by atoms with van der Waals surface area (Å²) < 4.78 is 26.9. The van der Waals surface area contributed by atoms with Gasteiger partial charge in [-0.3, -0.25) is 4.31 Å². The minimum absolute atomic E-state index is 0.310. The molecule has 116 valence electrons. The van der Waals surface area contributed by atoms with Gasteiger partial charge in [0.25, 0.3) is 10.0 Å². The van der Waals surface area contributed by atoms with Crippen molar-refractivity contribution in [3.8, 4) is 0 Å². The Morgan fingerprint density at radius 2 is 1.86 bits per heavy atom. The largest absolute Gasteiger partial charge is 0.383 e. The molecule has 0 bridgehead atoms. The molecule has 0 aromatic heterocycles. The van der Waals surface area contributed by atoms with Crippen molar-refractivity contribution < 1.29 is 8.42 Å². The van der Waals surface area contributed by atoms with Crippen molar-refractivity contribution in [3.05, 3.63) is 48.0 Å². The Morgan fingerprint density at radius 1 is 1.14 bits per heavy atom. The van der Waals surface area contributed by atoms with Gasteiger partial charge in [-0.2, -0.15) is 0 Å². The molecule has 2 aromatic rings. The Hall–Kier alpha value is -1.66. The number of sulfonamides is 1. The van der Waals surface area contributed by atoms with Crippen molar-refractivity contribution in [1.82, 2.24) is 0 Å². The minimum atomic E-state index is -3.55. The zero-order valence-corrected chi connectivity index (χ0v) is 14.2. The van der Waals surface area contributed by atoms with Crippen LogP contribution in [0.5, 0.6) is 0 Å². The lowest BCUT2D eigenvalue weighted by molar-refractivity contribution is 0.594. The van der Waals surface area contributed by atoms with Gasteiger partial charge in [-0.05, 0) is 37.3 Å². The maximum Gasteiger partial charge on any atom is 0.264 e. The van der Waals surface area contributed by atoms with Gasteiger partial charge in [0.15, 0.2) is 0 Å². The van der Waals surface area contributed by atoms with E-state index < -0.39 is 10.0 Å². The summed E-state index contributed by atoms with van der Waals surface area (Å²) in [5.41, 5.74) is 2.66. The first-order valence-corrected chi connectivity index (χ1v) is 9.47. The third kappa shape index (κ3) is 2.80. The molecular weight excluding hydrogens is 316 g/mol. The lowest BCUT2D eigenvalue weighted by atomic mass is 10.2. The number of anilines is 2. The van der Waals surface area contributed by atoms with Crippen LogP contribution in [0, 0.1) is 6.92 Å². The van der Waals surface area contributed by atoms with Gasteiger partial charge in [-0.25, -0.2) is 8.42 Å². The van der Waals surface area contributed by atoms with Crippen molar-refractivity contribution >= 4 is 33.2 Å². The smallest absolute Gasteiger partial charge is 0.264 e. The highest BCUT2D eigenvalue weighted by Crippen LogP contribution is 2.33. The summed E-state index contributed by atoms with van der Waals surface area (Å²) in [4.78, 5) is 1.41. The van der Waals surface area contributed by atoms with Crippen LogP contribution >= 0.6 is 11.8 Å². The van der Waals surface area contributed by atoms with E-state index >= 15 is 0 Å². The molecule has 0 unspecified atom stereocenters. The summed E-state index contributed by atoms with van der Waals surface area (Å²) in [5, 5.41) is 3.26. The first kappa shape index (κ1) is 15.2. The predicted octanol–water partition coefficient (Wildman–Crippen LogP) is 3.34. The number of thioether (sulfide) groups is 1. The number of rotatable bonds is 3. The molecule has 0 fully saturated rings. The van der Waals surface area contributed by atoms with Crippen molar-refractivity contribution in [2.75, 3.05) is 29.0 Å². The van der Waals surface area contributed by atoms with E-state index in [1.165, 1.54) is 4.31 Å². The first-order chi connectivity index (χ1) is 10.5. The molecule has 2 aromatic carbocycles. The Labute approximate surface area is 135 Å². The fourth-order valence-corrected chi connectivity index (χ4v) is 4.43. The van der Waals surface area contributed by atoms with Gasteiger partial charge in [0, 0.05) is 29.9 Å². The lowest BCUT2D eigenvalue weighted by Gasteiger charge is -2.22. The standard InChI is InChI=1S/C16H18N2O2S2/c1-12-3-5-13(6-4-12)18(2)22(19,20)14-7-8-16-15(11-14)17-9-10-21-16/h3-8,11,17H,9-10H2,1-2H3. The number of fused-ring (bicyclic) bond motifs is 1. The number of benzene rings is 2. The predicted molar refractivity (Wildman–Crippen MR) is 92.4 cm³/mol. The van der Waals surface area contributed by atoms with Crippen LogP contribution < -0.4 is 9.62 Å². The van der Waals surface area contributed by atoms with Gasteiger partial charge in [0.05, 0.1) is 10.6 Å². The molecule has 1 heterocycles. The molecule has 3 rings (SSSR count). The molecule has 0 saturated heterocycles. The normalized spacial score (nSPS) is 14.1. The van der Waals surface area contributed by atoms with E-state index in [2.05, 4.69) is 5.32 Å². The van der Waals surface area contributed by atoms with Crippen LogP contribution in [0.4, 0.5) is 11.4 Å². The van der Waals surface area contributed by atoms with Gasteiger partial charge >= 0.3 is 0 Å². The monoisotopic (exact) mass is 334 g/mol. The minimum Gasteiger partial charge on any atom is -0.383 e. The van der Waals surface area contributed by atoms with Crippen LogP contribution in [0.2, 0.25) is 0 Å². The quantitative estimate of drug-likeness (QED) is 0.935. The van der Waals surface area contributed by atoms with E-state index in [1.807, 2.05) is 37.3 Å². The zero-order valence-electron chi connectivity index (χ0n) is 12.5. The second-order valence-corrected chi connectivity index (χ2v) is 8.35. The van der Waals surface area contributed by atoms with Crippen LogP contribution in [0.15, 0.2) is 52.3 Å². The van der Waals surface area contributed by atoms with Gasteiger partial charge in [0.1, 0.15) is 0 Å². The maximum absolute atomic E-state index is 12.8. The molecular formula is C16H18N2O2S2. The Kier molecular flexibility index (Phi) is 4.06. The van der Waals surface area contributed by atoms with E-state index in [9.17, 15) is 8.42 Å². The highest BCUT2D eigenvalue weighted by Gasteiger charge is 2.23.